The molecule has 1 aromatic rings. The van der Waals surface area contributed by atoms with Crippen LogP contribution >= 0.6 is 23.1 Å². The van der Waals surface area contributed by atoms with E-state index in [1.807, 2.05) is 11.4 Å². The third kappa shape index (κ3) is 4.83. The lowest BCUT2D eigenvalue weighted by atomic mass is 10.4. The molecule has 20 heavy (non-hydrogen) atoms. The van der Waals surface area contributed by atoms with E-state index in [9.17, 15) is 9.59 Å². The fourth-order valence-corrected chi connectivity index (χ4v) is 3.62. The summed E-state index contributed by atoms with van der Waals surface area (Å²) >= 11 is 3.30. The van der Waals surface area contributed by atoms with Gasteiger partial charge in [-0.1, -0.05) is 6.07 Å². The lowest BCUT2D eigenvalue weighted by molar-refractivity contribution is -0.148. The number of ether oxygens (including phenoxy) is 1. The monoisotopic (exact) mass is 313 g/mol. The van der Waals surface area contributed by atoms with E-state index < -0.39 is 0 Å². The van der Waals surface area contributed by atoms with E-state index in [1.54, 1.807) is 34.9 Å². The van der Waals surface area contributed by atoms with Crippen LogP contribution in [0.2, 0.25) is 0 Å². The Morgan fingerprint density at radius 2 is 2.30 bits per heavy atom. The van der Waals surface area contributed by atoms with Crippen molar-refractivity contribution in [3.63, 3.8) is 0 Å². The van der Waals surface area contributed by atoms with Gasteiger partial charge in [-0.2, -0.15) is 0 Å². The van der Waals surface area contributed by atoms with Crippen molar-refractivity contribution in [2.24, 2.45) is 0 Å². The molecule has 0 saturated heterocycles. The van der Waals surface area contributed by atoms with E-state index in [4.69, 9.17) is 4.74 Å². The van der Waals surface area contributed by atoms with Crippen molar-refractivity contribution in [2.75, 3.05) is 18.9 Å². The summed E-state index contributed by atoms with van der Waals surface area (Å²) in [4.78, 5) is 26.7. The van der Waals surface area contributed by atoms with E-state index in [0.717, 1.165) is 18.6 Å². The summed E-state index contributed by atoms with van der Waals surface area (Å²) in [5.74, 6) is 1.01. The maximum atomic E-state index is 12.2. The summed E-state index contributed by atoms with van der Waals surface area (Å²) in [6, 6.07) is 4.33. The number of thioether (sulfide) groups is 1. The molecule has 1 amide bonds. The molecule has 110 valence electrons. The van der Waals surface area contributed by atoms with E-state index in [0.29, 0.717) is 12.4 Å². The third-order valence-electron chi connectivity index (χ3n) is 2.96. The van der Waals surface area contributed by atoms with Crippen LogP contribution in [0.15, 0.2) is 17.5 Å². The summed E-state index contributed by atoms with van der Waals surface area (Å²) < 4.78 is 4.93. The molecule has 0 N–H and O–H groups in total. The number of carbonyl (C=O) groups excluding carboxylic acids is 2. The lowest BCUT2D eigenvalue weighted by Gasteiger charge is -2.21. The highest BCUT2D eigenvalue weighted by molar-refractivity contribution is 7.99. The first kappa shape index (κ1) is 15.4. The minimum atomic E-state index is -0.309. The van der Waals surface area contributed by atoms with Crippen molar-refractivity contribution in [1.82, 2.24) is 4.90 Å². The number of amides is 1. The highest BCUT2D eigenvalue weighted by Gasteiger charge is 2.33. The second-order valence-electron chi connectivity index (χ2n) is 4.63. The molecule has 1 aromatic heterocycles. The normalized spacial score (nSPS) is 14.1. The SMILES string of the molecule is CCOC(=O)CN(C(=O)CSCc1cccs1)C1CC1. The Morgan fingerprint density at radius 1 is 1.50 bits per heavy atom. The molecule has 0 aliphatic heterocycles. The molecule has 0 bridgehead atoms. The molecule has 0 radical (unpaired) electrons. The van der Waals surface area contributed by atoms with Gasteiger partial charge in [-0.05, 0) is 31.2 Å². The van der Waals surface area contributed by atoms with E-state index in [1.165, 1.54) is 4.88 Å². The zero-order valence-corrected chi connectivity index (χ0v) is 13.2. The lowest BCUT2D eigenvalue weighted by Crippen LogP contribution is -2.39. The Bertz CT molecular complexity index is 443. The second kappa shape index (κ2) is 7.69. The van der Waals surface area contributed by atoms with Crippen molar-refractivity contribution >= 4 is 35.0 Å². The second-order valence-corrected chi connectivity index (χ2v) is 6.65. The van der Waals surface area contributed by atoms with Crippen LogP contribution in [0.4, 0.5) is 0 Å². The van der Waals surface area contributed by atoms with Crippen LogP contribution < -0.4 is 0 Å². The van der Waals surface area contributed by atoms with Crippen LogP contribution in [0.5, 0.6) is 0 Å². The third-order valence-corrected chi connectivity index (χ3v) is 4.99. The van der Waals surface area contributed by atoms with Gasteiger partial charge in [0.2, 0.25) is 5.91 Å². The summed E-state index contributed by atoms with van der Waals surface area (Å²) in [6.07, 6.45) is 2.00. The Kier molecular flexibility index (Phi) is 5.91. The van der Waals surface area contributed by atoms with Gasteiger partial charge in [0, 0.05) is 16.7 Å². The van der Waals surface area contributed by atoms with E-state index >= 15 is 0 Å². The largest absolute Gasteiger partial charge is 0.465 e. The minimum Gasteiger partial charge on any atom is -0.465 e. The maximum absolute atomic E-state index is 12.2. The number of carbonyl (C=O) groups is 2. The number of esters is 1. The predicted octanol–water partition coefficient (Wildman–Crippen LogP) is 2.54. The topological polar surface area (TPSA) is 46.6 Å². The van der Waals surface area contributed by atoms with Crippen LogP contribution in [0.25, 0.3) is 0 Å². The summed E-state index contributed by atoms with van der Waals surface area (Å²) in [5.41, 5.74) is 0. The van der Waals surface area contributed by atoms with Gasteiger partial charge in [-0.15, -0.1) is 23.1 Å². The number of thiophene rings is 1. The molecule has 1 aliphatic carbocycles. The highest BCUT2D eigenvalue weighted by atomic mass is 32.2. The van der Waals surface area contributed by atoms with Crippen LogP contribution in [-0.2, 0) is 20.1 Å². The van der Waals surface area contributed by atoms with Gasteiger partial charge >= 0.3 is 5.97 Å². The Balaban J connectivity index is 1.76. The molecule has 1 heterocycles. The van der Waals surface area contributed by atoms with Crippen molar-refractivity contribution < 1.29 is 14.3 Å². The minimum absolute atomic E-state index is 0.0436. The van der Waals surface area contributed by atoms with Gasteiger partial charge in [0.05, 0.1) is 12.4 Å². The Labute approximate surface area is 127 Å². The van der Waals surface area contributed by atoms with Gasteiger partial charge in [-0.25, -0.2) is 0 Å². The first-order valence-corrected chi connectivity index (χ1v) is 8.79. The quantitative estimate of drug-likeness (QED) is 0.692. The molecule has 1 saturated carbocycles. The Morgan fingerprint density at radius 3 is 2.90 bits per heavy atom. The standard InChI is InChI=1S/C14H19NO3S2/c1-2-18-14(17)8-15(11-5-6-11)13(16)10-19-9-12-4-3-7-20-12/h3-4,7,11H,2,5-6,8-10H2,1H3. The van der Waals surface area contributed by atoms with Crippen LogP contribution in [0.1, 0.15) is 24.6 Å². The van der Waals surface area contributed by atoms with E-state index in [2.05, 4.69) is 6.07 Å². The molecule has 1 aliphatic rings. The molecular weight excluding hydrogens is 294 g/mol. The van der Waals surface area contributed by atoms with Gasteiger partial charge in [0.15, 0.2) is 0 Å². The van der Waals surface area contributed by atoms with Crippen LogP contribution in [0, 0.1) is 0 Å². The van der Waals surface area contributed by atoms with Crippen LogP contribution in [-0.4, -0.2) is 41.7 Å². The van der Waals surface area contributed by atoms with Gasteiger partial charge in [0.25, 0.3) is 0 Å². The number of hydrogen-bond acceptors (Lipinski definition) is 5. The van der Waals surface area contributed by atoms with Crippen LogP contribution in [0.3, 0.4) is 0 Å². The molecule has 0 atom stereocenters. The maximum Gasteiger partial charge on any atom is 0.325 e. The number of hydrogen-bond donors (Lipinski definition) is 0. The van der Waals surface area contributed by atoms with Gasteiger partial charge in [0.1, 0.15) is 6.54 Å². The van der Waals surface area contributed by atoms with Crippen molar-refractivity contribution in [1.29, 1.82) is 0 Å². The highest BCUT2D eigenvalue weighted by Crippen LogP contribution is 2.28. The molecule has 4 nitrogen and oxygen atoms in total. The Hall–Kier alpha value is -1.01. The molecule has 2 rings (SSSR count). The summed E-state index contributed by atoms with van der Waals surface area (Å²) in [6.45, 7) is 2.23. The summed E-state index contributed by atoms with van der Waals surface area (Å²) in [7, 11) is 0. The van der Waals surface area contributed by atoms with Crippen molar-refractivity contribution in [2.45, 2.75) is 31.6 Å². The van der Waals surface area contributed by atoms with Gasteiger partial charge in [-0.3, -0.25) is 9.59 Å². The zero-order valence-electron chi connectivity index (χ0n) is 11.5. The average molecular weight is 313 g/mol. The van der Waals surface area contributed by atoms with E-state index in [-0.39, 0.29) is 24.5 Å². The molecule has 0 aromatic carbocycles. The smallest absolute Gasteiger partial charge is 0.325 e. The van der Waals surface area contributed by atoms with Gasteiger partial charge < -0.3 is 9.64 Å². The first-order chi connectivity index (χ1) is 9.70. The molecular formula is C14H19NO3S2. The fraction of sp³-hybridized carbons (Fsp3) is 0.571. The predicted molar refractivity (Wildman–Crippen MR) is 81.8 cm³/mol. The average Bonchev–Trinajstić information content (AvgIpc) is 3.13. The number of rotatable bonds is 8. The van der Waals surface area contributed by atoms with Crippen molar-refractivity contribution in [3.8, 4) is 0 Å². The molecule has 6 heteroatoms. The first-order valence-electron chi connectivity index (χ1n) is 6.76. The van der Waals surface area contributed by atoms with Crippen molar-refractivity contribution in [3.05, 3.63) is 22.4 Å². The molecule has 0 unspecified atom stereocenters. The summed E-state index contributed by atoms with van der Waals surface area (Å²) in [5, 5.41) is 2.04. The molecule has 0 spiro atoms. The molecule has 1 fully saturated rings. The number of nitrogens with zero attached hydrogens (tertiary/aromatic N) is 1. The zero-order chi connectivity index (χ0) is 14.4. The fourth-order valence-electron chi connectivity index (χ4n) is 1.87.